The molecule has 1 fully saturated rings. The third-order valence-electron chi connectivity index (χ3n) is 5.69. The number of aliphatic hydroxyl groups is 1. The number of amides is 1. The van der Waals surface area contributed by atoms with Crippen molar-refractivity contribution in [2.45, 2.75) is 64.3 Å². The van der Waals surface area contributed by atoms with Crippen molar-refractivity contribution in [2.24, 2.45) is 18.7 Å². The molecule has 33 heavy (non-hydrogen) atoms. The van der Waals surface area contributed by atoms with E-state index in [0.717, 1.165) is 0 Å². The van der Waals surface area contributed by atoms with E-state index in [1.807, 2.05) is 0 Å². The first kappa shape index (κ1) is 24.8. The van der Waals surface area contributed by atoms with Crippen LogP contribution in [-0.4, -0.2) is 62.0 Å². The lowest BCUT2D eigenvalue weighted by Gasteiger charge is -2.15. The molecule has 4 atom stereocenters. The highest BCUT2D eigenvalue weighted by Crippen LogP contribution is 2.36. The number of carbonyl (C=O) groups excluding carboxylic acids is 2. The number of anilines is 1. The van der Waals surface area contributed by atoms with Gasteiger partial charge in [-0.25, -0.2) is 9.07 Å². The summed E-state index contributed by atoms with van der Waals surface area (Å²) in [5.74, 6) is -1.24. The van der Waals surface area contributed by atoms with Crippen LogP contribution in [0.4, 0.5) is 10.2 Å². The number of aliphatic hydroxyl groups excluding tert-OH is 1. The van der Waals surface area contributed by atoms with Gasteiger partial charge in [-0.3, -0.25) is 14.3 Å². The van der Waals surface area contributed by atoms with Crippen LogP contribution in [0.3, 0.4) is 0 Å². The minimum Gasteiger partial charge on any atom is -0.441 e. The number of esters is 1. The van der Waals surface area contributed by atoms with Gasteiger partial charge in [0.15, 0.2) is 6.73 Å². The number of hydrogen-bond acceptors (Lipinski definition) is 8. The maximum Gasteiger partial charge on any atom is 0.324 e. The minimum absolute atomic E-state index is 0.113. The third kappa shape index (κ3) is 5.75. The first-order valence-electron chi connectivity index (χ1n) is 10.8. The van der Waals surface area contributed by atoms with Crippen molar-refractivity contribution in [1.29, 1.82) is 0 Å². The average Bonchev–Trinajstić information content (AvgIpc) is 3.43. The van der Waals surface area contributed by atoms with E-state index in [4.69, 9.17) is 15.2 Å². The summed E-state index contributed by atoms with van der Waals surface area (Å²) >= 11 is 0. The first-order valence-corrected chi connectivity index (χ1v) is 10.8. The van der Waals surface area contributed by atoms with Gasteiger partial charge in [-0.1, -0.05) is 13.8 Å². The van der Waals surface area contributed by atoms with Crippen molar-refractivity contribution in [3.63, 3.8) is 0 Å². The number of ether oxygens (including phenoxy) is 2. The number of nitrogens with one attached hydrogen (secondary N) is 1. The summed E-state index contributed by atoms with van der Waals surface area (Å²) in [6.45, 7) is 3.56. The van der Waals surface area contributed by atoms with Crippen LogP contribution in [0.1, 0.15) is 54.5 Å². The van der Waals surface area contributed by atoms with Gasteiger partial charge in [0.1, 0.15) is 23.7 Å². The molecule has 1 saturated carbocycles. The van der Waals surface area contributed by atoms with E-state index in [0.29, 0.717) is 11.4 Å². The Morgan fingerprint density at radius 1 is 1.33 bits per heavy atom. The standard InChI is InChI=1S/C21H31FN6O5/c1-11(2)19(23)21(31)33-10-28-18(8-15(26-28)12-5-14(22)17(29)6-12)24-20(30)16-7-13(9-32-4)25-27(16)3/h7-8,11-12,14,17,19,29H,5-6,9-10,23H2,1-4H3,(H,24,30)/t12-,14+,17-,19+/m1/s1. The second kappa shape index (κ2) is 10.4. The largest absolute Gasteiger partial charge is 0.441 e. The highest BCUT2D eigenvalue weighted by atomic mass is 19.1. The Morgan fingerprint density at radius 3 is 2.67 bits per heavy atom. The molecule has 0 unspecified atom stereocenters. The number of alkyl halides is 1. The van der Waals surface area contributed by atoms with Crippen molar-refractivity contribution in [3.8, 4) is 0 Å². The van der Waals surface area contributed by atoms with Gasteiger partial charge >= 0.3 is 5.97 Å². The molecule has 0 spiro atoms. The second-order valence-electron chi connectivity index (χ2n) is 8.60. The summed E-state index contributed by atoms with van der Waals surface area (Å²) in [4.78, 5) is 25.1. The van der Waals surface area contributed by atoms with Gasteiger partial charge in [-0.2, -0.15) is 10.2 Å². The molecule has 1 amide bonds. The van der Waals surface area contributed by atoms with E-state index in [2.05, 4.69) is 15.5 Å². The number of nitrogens with two attached hydrogens (primary N) is 1. The van der Waals surface area contributed by atoms with Gasteiger partial charge in [0.2, 0.25) is 0 Å². The number of nitrogens with zero attached hydrogens (tertiary/aromatic N) is 4. The summed E-state index contributed by atoms with van der Waals surface area (Å²) in [6, 6.07) is 2.39. The number of rotatable bonds is 9. The molecule has 12 heteroatoms. The van der Waals surface area contributed by atoms with Crippen LogP contribution in [0.15, 0.2) is 12.1 Å². The van der Waals surface area contributed by atoms with Crippen LogP contribution >= 0.6 is 0 Å². The topological polar surface area (TPSA) is 147 Å². The van der Waals surface area contributed by atoms with E-state index in [9.17, 15) is 19.1 Å². The number of hydrogen-bond donors (Lipinski definition) is 3. The second-order valence-corrected chi connectivity index (χ2v) is 8.60. The predicted octanol–water partition coefficient (Wildman–Crippen LogP) is 1.08. The fraction of sp³-hybridized carbons (Fsp3) is 0.619. The van der Waals surface area contributed by atoms with E-state index in [1.165, 1.54) is 16.5 Å². The van der Waals surface area contributed by atoms with Gasteiger partial charge in [0.05, 0.1) is 24.1 Å². The van der Waals surface area contributed by atoms with Gasteiger partial charge in [0.25, 0.3) is 5.91 Å². The zero-order chi connectivity index (χ0) is 24.3. The van der Waals surface area contributed by atoms with Gasteiger partial charge in [-0.05, 0) is 24.8 Å². The smallest absolute Gasteiger partial charge is 0.324 e. The number of aryl methyl sites for hydroxylation is 1. The predicted molar refractivity (Wildman–Crippen MR) is 116 cm³/mol. The Bertz CT molecular complexity index is 980. The Labute approximate surface area is 191 Å². The molecule has 2 aromatic heterocycles. The van der Waals surface area contributed by atoms with Gasteiger partial charge < -0.3 is 25.6 Å². The van der Waals surface area contributed by atoms with Gasteiger partial charge in [-0.15, -0.1) is 0 Å². The Balaban J connectivity index is 1.82. The Kier molecular flexibility index (Phi) is 7.82. The fourth-order valence-corrected chi connectivity index (χ4v) is 3.67. The van der Waals surface area contributed by atoms with Crippen molar-refractivity contribution in [1.82, 2.24) is 19.6 Å². The summed E-state index contributed by atoms with van der Waals surface area (Å²) < 4.78 is 26.9. The normalized spacial score (nSPS) is 21.4. The van der Waals surface area contributed by atoms with Crippen molar-refractivity contribution >= 4 is 17.7 Å². The lowest BCUT2D eigenvalue weighted by Crippen LogP contribution is -2.37. The molecule has 2 heterocycles. The molecule has 0 radical (unpaired) electrons. The highest BCUT2D eigenvalue weighted by Gasteiger charge is 2.35. The molecule has 2 aromatic rings. The maximum absolute atomic E-state index is 13.9. The monoisotopic (exact) mass is 466 g/mol. The van der Waals surface area contributed by atoms with Crippen molar-refractivity contribution in [3.05, 3.63) is 29.2 Å². The van der Waals surface area contributed by atoms with Crippen molar-refractivity contribution in [2.75, 3.05) is 12.4 Å². The molecular weight excluding hydrogens is 435 g/mol. The lowest BCUT2D eigenvalue weighted by atomic mass is 10.0. The first-order chi connectivity index (χ1) is 15.6. The molecule has 0 aromatic carbocycles. The van der Waals surface area contributed by atoms with Gasteiger partial charge in [0, 0.05) is 26.1 Å². The van der Waals surface area contributed by atoms with Crippen LogP contribution in [0.2, 0.25) is 0 Å². The highest BCUT2D eigenvalue weighted by molar-refractivity contribution is 6.02. The van der Waals surface area contributed by atoms with Crippen LogP contribution in [0.25, 0.3) is 0 Å². The van der Waals surface area contributed by atoms with Crippen molar-refractivity contribution < 1.29 is 28.6 Å². The molecule has 1 aliphatic carbocycles. The molecule has 0 saturated heterocycles. The number of halogens is 1. The molecule has 3 rings (SSSR count). The summed E-state index contributed by atoms with van der Waals surface area (Å²) in [6.07, 6.45) is -2.07. The van der Waals surface area contributed by atoms with E-state index >= 15 is 0 Å². The Morgan fingerprint density at radius 2 is 2.06 bits per heavy atom. The molecule has 0 aliphatic heterocycles. The van der Waals surface area contributed by atoms with E-state index < -0.39 is 30.2 Å². The van der Waals surface area contributed by atoms with E-state index in [1.54, 1.807) is 33.0 Å². The maximum atomic E-state index is 13.9. The van der Waals surface area contributed by atoms with Crippen LogP contribution < -0.4 is 11.1 Å². The molecular formula is C21H31FN6O5. The quantitative estimate of drug-likeness (QED) is 0.465. The zero-order valence-corrected chi connectivity index (χ0v) is 19.2. The SMILES string of the molecule is COCc1cc(C(=O)Nc2cc([C@H]3C[C@@H](O)[C@@H](F)C3)nn2COC(=O)[C@@H](N)C(C)C)n(C)n1. The lowest BCUT2D eigenvalue weighted by molar-refractivity contribution is -0.150. The number of methoxy groups -OCH3 is 1. The summed E-state index contributed by atoms with van der Waals surface area (Å²) in [5, 5.41) is 21.2. The molecule has 182 valence electrons. The third-order valence-corrected chi connectivity index (χ3v) is 5.69. The molecule has 11 nitrogen and oxygen atoms in total. The molecule has 1 aliphatic rings. The summed E-state index contributed by atoms with van der Waals surface area (Å²) in [5.41, 5.74) is 7.19. The summed E-state index contributed by atoms with van der Waals surface area (Å²) in [7, 11) is 3.16. The fourth-order valence-electron chi connectivity index (χ4n) is 3.67. The number of aromatic nitrogens is 4. The molecule has 4 N–H and O–H groups in total. The van der Waals surface area contributed by atoms with Crippen LogP contribution in [0, 0.1) is 5.92 Å². The zero-order valence-electron chi connectivity index (χ0n) is 19.2. The van der Waals surface area contributed by atoms with E-state index in [-0.39, 0.29) is 49.5 Å². The number of carbonyl (C=O) groups is 2. The Hall–Kier alpha value is -2.83. The molecule has 0 bridgehead atoms. The minimum atomic E-state index is -1.34. The van der Waals surface area contributed by atoms with Crippen LogP contribution in [0.5, 0.6) is 0 Å². The average molecular weight is 467 g/mol. The van der Waals surface area contributed by atoms with Crippen LogP contribution in [-0.2, 0) is 34.7 Å².